The molecule has 28 heavy (non-hydrogen) atoms. The number of aromatic nitrogens is 1. The number of ether oxygens (including phenoxy) is 1. The van der Waals surface area contributed by atoms with Crippen LogP contribution in [0.15, 0.2) is 42.5 Å². The lowest BCUT2D eigenvalue weighted by Crippen LogP contribution is -2.48. The molecule has 5 nitrogen and oxygen atoms in total. The van der Waals surface area contributed by atoms with E-state index in [-0.39, 0.29) is 5.91 Å². The van der Waals surface area contributed by atoms with E-state index in [1.807, 2.05) is 35.2 Å². The standard InChI is InChI=1S/C23H27N3O2/c1-16-17(2)24-22-9-6-19(14-21(16)22)23(27)26-12-10-25(11-13-26)15-18-4-7-20(28-3)8-5-18/h4-9,14,24H,10-13,15H2,1-3H3. The van der Waals surface area contributed by atoms with Crippen LogP contribution >= 0.6 is 0 Å². The van der Waals surface area contributed by atoms with Crippen molar-refractivity contribution in [3.8, 4) is 5.75 Å². The number of benzene rings is 2. The van der Waals surface area contributed by atoms with Crippen molar-refractivity contribution < 1.29 is 9.53 Å². The summed E-state index contributed by atoms with van der Waals surface area (Å²) in [7, 11) is 1.68. The Morgan fingerprint density at radius 3 is 2.43 bits per heavy atom. The Kier molecular flexibility index (Phi) is 5.09. The number of hydrogen-bond donors (Lipinski definition) is 1. The van der Waals surface area contributed by atoms with Crippen LogP contribution in [0.2, 0.25) is 0 Å². The number of piperazine rings is 1. The smallest absolute Gasteiger partial charge is 0.253 e. The average Bonchev–Trinajstić information content (AvgIpc) is 3.02. The first-order valence-corrected chi connectivity index (χ1v) is 9.78. The maximum absolute atomic E-state index is 13.0. The summed E-state index contributed by atoms with van der Waals surface area (Å²) in [5, 5.41) is 1.14. The number of carbonyl (C=O) groups excluding carboxylic acids is 1. The van der Waals surface area contributed by atoms with Crippen LogP contribution in [0.3, 0.4) is 0 Å². The molecule has 1 amide bonds. The van der Waals surface area contributed by atoms with Crippen molar-refractivity contribution in [2.24, 2.45) is 0 Å². The van der Waals surface area contributed by atoms with Crippen molar-refractivity contribution in [2.75, 3.05) is 33.3 Å². The molecule has 3 aromatic rings. The molecule has 5 heteroatoms. The summed E-state index contributed by atoms with van der Waals surface area (Å²) in [6, 6.07) is 14.2. The normalized spacial score (nSPS) is 15.2. The highest BCUT2D eigenvalue weighted by atomic mass is 16.5. The third kappa shape index (κ3) is 3.62. The lowest BCUT2D eigenvalue weighted by atomic mass is 10.1. The van der Waals surface area contributed by atoms with Crippen LogP contribution in [0.1, 0.15) is 27.2 Å². The maximum atomic E-state index is 13.0. The number of nitrogens with one attached hydrogen (secondary N) is 1. The SMILES string of the molecule is COc1ccc(CN2CCN(C(=O)c3ccc4[nH]c(C)c(C)c4c3)CC2)cc1. The van der Waals surface area contributed by atoms with Gasteiger partial charge in [0.15, 0.2) is 0 Å². The van der Waals surface area contributed by atoms with Gasteiger partial charge < -0.3 is 14.6 Å². The van der Waals surface area contributed by atoms with E-state index in [9.17, 15) is 4.79 Å². The number of aromatic amines is 1. The number of amides is 1. The molecule has 1 N–H and O–H groups in total. The van der Waals surface area contributed by atoms with Gasteiger partial charge in [-0.2, -0.15) is 0 Å². The van der Waals surface area contributed by atoms with Crippen LogP contribution in [0.5, 0.6) is 5.75 Å². The zero-order valence-electron chi connectivity index (χ0n) is 16.8. The van der Waals surface area contributed by atoms with Crippen LogP contribution in [-0.2, 0) is 6.54 Å². The molecule has 2 aromatic carbocycles. The average molecular weight is 377 g/mol. The van der Waals surface area contributed by atoms with Crippen LogP contribution in [0.25, 0.3) is 10.9 Å². The van der Waals surface area contributed by atoms with Crippen LogP contribution in [-0.4, -0.2) is 54.0 Å². The van der Waals surface area contributed by atoms with Gasteiger partial charge in [0.25, 0.3) is 5.91 Å². The van der Waals surface area contributed by atoms with Crippen molar-refractivity contribution in [1.29, 1.82) is 0 Å². The molecular formula is C23H27N3O2. The van der Waals surface area contributed by atoms with Gasteiger partial charge in [-0.1, -0.05) is 12.1 Å². The van der Waals surface area contributed by atoms with Crippen molar-refractivity contribution in [3.05, 3.63) is 64.8 Å². The summed E-state index contributed by atoms with van der Waals surface area (Å²) in [6.07, 6.45) is 0. The second-order valence-corrected chi connectivity index (χ2v) is 7.55. The Hall–Kier alpha value is -2.79. The monoisotopic (exact) mass is 377 g/mol. The number of rotatable bonds is 4. The molecule has 0 aliphatic carbocycles. The summed E-state index contributed by atoms with van der Waals surface area (Å²) in [5.74, 6) is 1.01. The number of H-pyrrole nitrogens is 1. The highest BCUT2D eigenvalue weighted by molar-refractivity contribution is 5.99. The molecule has 1 aromatic heterocycles. The van der Waals surface area contributed by atoms with E-state index in [4.69, 9.17) is 4.74 Å². The largest absolute Gasteiger partial charge is 0.497 e. The third-order valence-electron chi connectivity index (χ3n) is 5.78. The molecule has 0 unspecified atom stereocenters. The Morgan fingerprint density at radius 1 is 1.04 bits per heavy atom. The van der Waals surface area contributed by atoms with Gasteiger partial charge in [0.2, 0.25) is 0 Å². The zero-order chi connectivity index (χ0) is 19.7. The summed E-state index contributed by atoms with van der Waals surface area (Å²) in [6.45, 7) is 8.37. The molecule has 0 radical (unpaired) electrons. The number of carbonyl (C=O) groups is 1. The van der Waals surface area contributed by atoms with Gasteiger partial charge in [0.1, 0.15) is 5.75 Å². The van der Waals surface area contributed by atoms with Crippen molar-refractivity contribution in [3.63, 3.8) is 0 Å². The maximum Gasteiger partial charge on any atom is 0.253 e. The molecule has 146 valence electrons. The Morgan fingerprint density at radius 2 is 1.75 bits per heavy atom. The first kappa shape index (κ1) is 18.6. The molecule has 0 spiro atoms. The van der Waals surface area contributed by atoms with Crippen LogP contribution in [0, 0.1) is 13.8 Å². The fourth-order valence-electron chi connectivity index (χ4n) is 3.88. The summed E-state index contributed by atoms with van der Waals surface area (Å²) < 4.78 is 5.22. The Balaban J connectivity index is 1.39. The van der Waals surface area contributed by atoms with Gasteiger partial charge in [-0.15, -0.1) is 0 Å². The molecule has 0 saturated carbocycles. The molecular weight excluding hydrogens is 350 g/mol. The van der Waals surface area contributed by atoms with Gasteiger partial charge in [-0.05, 0) is 55.3 Å². The number of fused-ring (bicyclic) bond motifs is 1. The van der Waals surface area contributed by atoms with Gasteiger partial charge in [0.05, 0.1) is 7.11 Å². The van der Waals surface area contributed by atoms with E-state index >= 15 is 0 Å². The van der Waals surface area contributed by atoms with Gasteiger partial charge in [-0.3, -0.25) is 9.69 Å². The van der Waals surface area contributed by atoms with Crippen molar-refractivity contribution in [1.82, 2.24) is 14.8 Å². The minimum atomic E-state index is 0.129. The summed E-state index contributed by atoms with van der Waals surface area (Å²) in [5.41, 5.74) is 5.51. The lowest BCUT2D eigenvalue weighted by molar-refractivity contribution is 0.0628. The predicted molar refractivity (Wildman–Crippen MR) is 112 cm³/mol. The molecule has 4 rings (SSSR count). The molecule has 0 atom stereocenters. The quantitative estimate of drug-likeness (QED) is 0.753. The number of methoxy groups -OCH3 is 1. The van der Waals surface area contributed by atoms with E-state index in [1.54, 1.807) is 7.11 Å². The lowest BCUT2D eigenvalue weighted by Gasteiger charge is -2.34. The molecule has 0 bridgehead atoms. The fraction of sp³-hybridized carbons (Fsp3) is 0.348. The highest BCUT2D eigenvalue weighted by Crippen LogP contribution is 2.23. The first-order valence-electron chi connectivity index (χ1n) is 9.78. The van der Waals surface area contributed by atoms with E-state index < -0.39 is 0 Å². The molecule has 1 aliphatic heterocycles. The van der Waals surface area contributed by atoms with E-state index in [0.29, 0.717) is 0 Å². The minimum Gasteiger partial charge on any atom is -0.497 e. The van der Waals surface area contributed by atoms with Gasteiger partial charge >= 0.3 is 0 Å². The Bertz CT molecular complexity index is 983. The summed E-state index contributed by atoms with van der Waals surface area (Å²) >= 11 is 0. The number of aryl methyl sites for hydroxylation is 2. The van der Waals surface area contributed by atoms with Gasteiger partial charge in [-0.25, -0.2) is 0 Å². The van der Waals surface area contributed by atoms with Crippen LogP contribution in [0.4, 0.5) is 0 Å². The van der Waals surface area contributed by atoms with E-state index in [2.05, 4.69) is 35.9 Å². The second kappa shape index (κ2) is 7.68. The molecule has 1 fully saturated rings. The first-order chi connectivity index (χ1) is 13.5. The second-order valence-electron chi connectivity index (χ2n) is 7.55. The molecule has 1 aliphatic rings. The number of hydrogen-bond acceptors (Lipinski definition) is 3. The molecule has 2 heterocycles. The van der Waals surface area contributed by atoms with Gasteiger partial charge in [0, 0.05) is 54.9 Å². The fourth-order valence-corrected chi connectivity index (χ4v) is 3.88. The van der Waals surface area contributed by atoms with Crippen molar-refractivity contribution in [2.45, 2.75) is 20.4 Å². The highest BCUT2D eigenvalue weighted by Gasteiger charge is 2.22. The zero-order valence-corrected chi connectivity index (χ0v) is 16.8. The van der Waals surface area contributed by atoms with Crippen LogP contribution < -0.4 is 4.74 Å². The topological polar surface area (TPSA) is 48.6 Å². The summed E-state index contributed by atoms with van der Waals surface area (Å²) in [4.78, 5) is 20.7. The minimum absolute atomic E-state index is 0.129. The predicted octanol–water partition coefficient (Wildman–Crippen LogP) is 3.75. The Labute approximate surface area is 165 Å². The third-order valence-corrected chi connectivity index (χ3v) is 5.78. The van der Waals surface area contributed by atoms with E-state index in [0.717, 1.165) is 60.6 Å². The van der Waals surface area contributed by atoms with Crippen molar-refractivity contribution >= 4 is 16.8 Å². The molecule has 1 saturated heterocycles. The number of nitrogens with zero attached hydrogens (tertiary/aromatic N) is 2. The van der Waals surface area contributed by atoms with E-state index in [1.165, 1.54) is 11.1 Å².